The molecule has 0 spiro atoms. The van der Waals surface area contributed by atoms with Crippen LogP contribution in [0.3, 0.4) is 0 Å². The quantitative estimate of drug-likeness (QED) is 0.760. The fraction of sp³-hybridized carbons (Fsp3) is 0.500. The molecule has 2 N–H and O–H groups in total. The van der Waals surface area contributed by atoms with Gasteiger partial charge in [0.1, 0.15) is 11.6 Å². The minimum Gasteiger partial charge on any atom is -0.396 e. The normalized spacial score (nSPS) is 12.2. The van der Waals surface area contributed by atoms with E-state index in [1.54, 1.807) is 0 Å². The number of carbonyl (C=O) groups is 1. The van der Waals surface area contributed by atoms with Crippen LogP contribution in [0.5, 0.6) is 0 Å². The van der Waals surface area contributed by atoms with Gasteiger partial charge in [0.05, 0.1) is 10.6 Å². The lowest BCUT2D eigenvalue weighted by Crippen LogP contribution is -2.30. The van der Waals surface area contributed by atoms with Gasteiger partial charge in [-0.1, -0.05) is 24.9 Å². The van der Waals surface area contributed by atoms with E-state index in [9.17, 15) is 13.6 Å². The smallest absolute Gasteiger partial charge is 0.254 e. The molecule has 6 heteroatoms. The summed E-state index contributed by atoms with van der Waals surface area (Å²) in [7, 11) is 0. The number of nitrogens with one attached hydrogen (secondary N) is 1. The SMILES string of the molecule is CCCC(CCO)CNC(=O)c1cc(F)c(Cl)cc1F. The average Bonchev–Trinajstić information content (AvgIpc) is 2.40. The Morgan fingerprint density at radius 3 is 2.65 bits per heavy atom. The van der Waals surface area contributed by atoms with Gasteiger partial charge in [-0.3, -0.25) is 4.79 Å². The summed E-state index contributed by atoms with van der Waals surface area (Å²) in [4.78, 5) is 11.8. The van der Waals surface area contributed by atoms with Gasteiger partial charge >= 0.3 is 0 Å². The van der Waals surface area contributed by atoms with Crippen molar-refractivity contribution in [2.45, 2.75) is 26.2 Å². The number of rotatable bonds is 7. The molecule has 0 aliphatic rings. The van der Waals surface area contributed by atoms with Crippen LogP contribution in [-0.2, 0) is 0 Å². The number of hydrogen-bond donors (Lipinski definition) is 2. The fourth-order valence-corrected chi connectivity index (χ4v) is 2.12. The molecule has 1 unspecified atom stereocenters. The van der Waals surface area contributed by atoms with Crippen LogP contribution in [0, 0.1) is 17.6 Å². The topological polar surface area (TPSA) is 49.3 Å². The van der Waals surface area contributed by atoms with Crippen molar-refractivity contribution in [2.24, 2.45) is 5.92 Å². The van der Waals surface area contributed by atoms with Crippen molar-refractivity contribution in [3.63, 3.8) is 0 Å². The van der Waals surface area contributed by atoms with E-state index < -0.39 is 17.5 Å². The maximum atomic E-state index is 13.5. The molecule has 0 saturated carbocycles. The molecule has 3 nitrogen and oxygen atoms in total. The second kappa shape index (κ2) is 8.17. The van der Waals surface area contributed by atoms with Crippen molar-refractivity contribution in [2.75, 3.05) is 13.2 Å². The molecule has 1 atom stereocenters. The van der Waals surface area contributed by atoms with Gasteiger partial charge < -0.3 is 10.4 Å². The number of halogens is 3. The van der Waals surface area contributed by atoms with Gasteiger partial charge in [0.15, 0.2) is 0 Å². The third kappa shape index (κ3) is 4.72. The van der Waals surface area contributed by atoms with E-state index in [0.29, 0.717) is 13.0 Å². The van der Waals surface area contributed by atoms with Crippen LogP contribution in [0.1, 0.15) is 36.5 Å². The van der Waals surface area contributed by atoms with E-state index in [1.807, 2.05) is 6.92 Å². The van der Waals surface area contributed by atoms with Crippen molar-refractivity contribution in [1.29, 1.82) is 0 Å². The first-order valence-electron chi connectivity index (χ1n) is 6.53. The first-order valence-corrected chi connectivity index (χ1v) is 6.91. The predicted octanol–water partition coefficient (Wildman–Crippen LogP) is 3.15. The highest BCUT2D eigenvalue weighted by molar-refractivity contribution is 6.30. The summed E-state index contributed by atoms with van der Waals surface area (Å²) >= 11 is 5.43. The molecule has 0 radical (unpaired) electrons. The molecular formula is C14H18ClF2NO2. The molecule has 1 rings (SSSR count). The lowest BCUT2D eigenvalue weighted by molar-refractivity contribution is 0.0938. The highest BCUT2D eigenvalue weighted by atomic mass is 35.5. The summed E-state index contributed by atoms with van der Waals surface area (Å²) in [5, 5.41) is 11.1. The number of aliphatic hydroxyl groups excluding tert-OH is 1. The van der Waals surface area contributed by atoms with E-state index in [2.05, 4.69) is 5.32 Å². The molecule has 0 fully saturated rings. The molecule has 1 amide bonds. The molecule has 0 aliphatic heterocycles. The zero-order chi connectivity index (χ0) is 15.1. The van der Waals surface area contributed by atoms with Gasteiger partial charge in [-0.05, 0) is 30.9 Å². The minimum atomic E-state index is -0.858. The Balaban J connectivity index is 2.69. The Bertz CT molecular complexity index is 463. The van der Waals surface area contributed by atoms with E-state index >= 15 is 0 Å². The summed E-state index contributed by atoms with van der Waals surface area (Å²) in [6, 6.07) is 1.57. The Hall–Kier alpha value is -1.20. The van der Waals surface area contributed by atoms with Crippen molar-refractivity contribution >= 4 is 17.5 Å². The third-order valence-electron chi connectivity index (χ3n) is 3.04. The first-order chi connectivity index (χ1) is 9.49. The Labute approximate surface area is 121 Å². The molecule has 112 valence electrons. The number of benzene rings is 1. The second-order valence-electron chi connectivity index (χ2n) is 4.62. The van der Waals surface area contributed by atoms with E-state index in [4.69, 9.17) is 16.7 Å². The van der Waals surface area contributed by atoms with Crippen molar-refractivity contribution < 1.29 is 18.7 Å². The standard InChI is InChI=1S/C14H18ClF2NO2/c1-2-3-9(4-5-19)8-18-14(20)10-6-13(17)11(15)7-12(10)16/h6-7,9,19H,2-5,8H2,1H3,(H,18,20). The molecule has 0 saturated heterocycles. The van der Waals surface area contributed by atoms with Gasteiger partial charge in [-0.2, -0.15) is 0 Å². The number of aliphatic hydroxyl groups is 1. The fourth-order valence-electron chi connectivity index (χ4n) is 1.97. The van der Waals surface area contributed by atoms with Crippen LogP contribution in [-0.4, -0.2) is 24.2 Å². The van der Waals surface area contributed by atoms with Crippen LogP contribution < -0.4 is 5.32 Å². The largest absolute Gasteiger partial charge is 0.396 e. The number of carbonyl (C=O) groups excluding carboxylic acids is 1. The maximum Gasteiger partial charge on any atom is 0.254 e. The number of hydrogen-bond acceptors (Lipinski definition) is 2. The van der Waals surface area contributed by atoms with Crippen molar-refractivity contribution in [3.05, 3.63) is 34.4 Å². The second-order valence-corrected chi connectivity index (χ2v) is 5.03. The van der Waals surface area contributed by atoms with E-state index in [-0.39, 0.29) is 23.1 Å². The van der Waals surface area contributed by atoms with Gasteiger partial charge in [0.2, 0.25) is 0 Å². The summed E-state index contributed by atoms with van der Waals surface area (Å²) in [5.41, 5.74) is -0.369. The third-order valence-corrected chi connectivity index (χ3v) is 3.33. The zero-order valence-electron chi connectivity index (χ0n) is 11.3. The van der Waals surface area contributed by atoms with Gasteiger partial charge in [-0.15, -0.1) is 0 Å². The van der Waals surface area contributed by atoms with Crippen LogP contribution in [0.25, 0.3) is 0 Å². The molecule has 0 bridgehead atoms. The zero-order valence-corrected chi connectivity index (χ0v) is 12.0. The van der Waals surface area contributed by atoms with Crippen LogP contribution in [0.15, 0.2) is 12.1 Å². The maximum absolute atomic E-state index is 13.5. The Kier molecular flexibility index (Phi) is 6.88. The summed E-state index contributed by atoms with van der Waals surface area (Å²) in [6.45, 7) is 2.35. The summed E-state index contributed by atoms with van der Waals surface area (Å²) < 4.78 is 26.8. The molecule has 20 heavy (non-hydrogen) atoms. The van der Waals surface area contributed by atoms with Crippen LogP contribution in [0.4, 0.5) is 8.78 Å². The molecule has 1 aromatic rings. The summed E-state index contributed by atoms with van der Waals surface area (Å²) in [6.07, 6.45) is 2.33. The first kappa shape index (κ1) is 16.9. The highest BCUT2D eigenvalue weighted by Crippen LogP contribution is 2.19. The molecule has 0 aromatic heterocycles. The number of amides is 1. The molecule has 0 aliphatic carbocycles. The lowest BCUT2D eigenvalue weighted by Gasteiger charge is -2.16. The van der Waals surface area contributed by atoms with Gasteiger partial charge in [-0.25, -0.2) is 8.78 Å². The molecule has 1 aromatic carbocycles. The molecular weight excluding hydrogens is 288 g/mol. The highest BCUT2D eigenvalue weighted by Gasteiger charge is 2.16. The monoisotopic (exact) mass is 305 g/mol. The predicted molar refractivity (Wildman–Crippen MR) is 73.8 cm³/mol. The van der Waals surface area contributed by atoms with Crippen molar-refractivity contribution in [1.82, 2.24) is 5.32 Å². The van der Waals surface area contributed by atoms with Gasteiger partial charge in [0.25, 0.3) is 5.91 Å². The Morgan fingerprint density at radius 1 is 1.35 bits per heavy atom. The molecule has 0 heterocycles. The lowest BCUT2D eigenvalue weighted by atomic mass is 10.00. The van der Waals surface area contributed by atoms with Crippen molar-refractivity contribution in [3.8, 4) is 0 Å². The Morgan fingerprint density at radius 2 is 2.05 bits per heavy atom. The van der Waals surface area contributed by atoms with Crippen LogP contribution in [0.2, 0.25) is 5.02 Å². The van der Waals surface area contributed by atoms with E-state index in [0.717, 1.165) is 25.0 Å². The van der Waals surface area contributed by atoms with E-state index in [1.165, 1.54) is 0 Å². The minimum absolute atomic E-state index is 0.0322. The van der Waals surface area contributed by atoms with Gasteiger partial charge in [0, 0.05) is 13.2 Å². The summed E-state index contributed by atoms with van der Waals surface area (Å²) in [5.74, 6) is -2.26. The average molecular weight is 306 g/mol. The van der Waals surface area contributed by atoms with Crippen LogP contribution >= 0.6 is 11.6 Å².